The van der Waals surface area contributed by atoms with Crippen molar-refractivity contribution in [3.8, 4) is 11.3 Å². The highest BCUT2D eigenvalue weighted by molar-refractivity contribution is 6.07. The minimum Gasteiger partial charge on any atom is -0.355 e. The lowest BCUT2D eigenvalue weighted by Crippen LogP contribution is -2.15. The number of carbonyl (C=O) groups excluding carboxylic acids is 1. The molecule has 1 heterocycles. The first kappa shape index (κ1) is 17.7. The summed E-state index contributed by atoms with van der Waals surface area (Å²) in [7, 11) is 0. The van der Waals surface area contributed by atoms with Crippen LogP contribution in [0.25, 0.3) is 22.2 Å². The van der Waals surface area contributed by atoms with Gasteiger partial charge in [-0.3, -0.25) is 4.79 Å². The van der Waals surface area contributed by atoms with Crippen molar-refractivity contribution >= 4 is 22.5 Å². The van der Waals surface area contributed by atoms with Crippen LogP contribution in [0.5, 0.6) is 0 Å². The second-order valence-corrected chi connectivity index (χ2v) is 7.71. The van der Waals surface area contributed by atoms with Gasteiger partial charge in [-0.25, -0.2) is 0 Å². The molecule has 144 valence electrons. The molecule has 0 radical (unpaired) electrons. The third-order valence-corrected chi connectivity index (χ3v) is 5.70. The predicted molar refractivity (Wildman–Crippen MR) is 115 cm³/mol. The van der Waals surface area contributed by atoms with Crippen LogP contribution in [0, 0.1) is 6.92 Å². The van der Waals surface area contributed by atoms with Gasteiger partial charge in [0.2, 0.25) is 0 Å². The van der Waals surface area contributed by atoms with Gasteiger partial charge in [0.15, 0.2) is 5.76 Å². The third-order valence-electron chi connectivity index (χ3n) is 5.70. The van der Waals surface area contributed by atoms with Gasteiger partial charge in [0.25, 0.3) is 5.91 Å². The first-order valence-corrected chi connectivity index (χ1v) is 10.1. The normalized spacial score (nSPS) is 13.3. The summed E-state index contributed by atoms with van der Waals surface area (Å²) in [4.78, 5) is 13.0. The molecular formula is C25H22N2O2. The van der Waals surface area contributed by atoms with Crippen LogP contribution in [-0.2, 0) is 12.8 Å². The fourth-order valence-corrected chi connectivity index (χ4v) is 4.09. The number of amides is 1. The summed E-state index contributed by atoms with van der Waals surface area (Å²) in [5.41, 5.74) is 7.04. The zero-order valence-corrected chi connectivity index (χ0v) is 16.4. The summed E-state index contributed by atoms with van der Waals surface area (Å²) in [6.07, 6.45) is 4.50. The van der Waals surface area contributed by atoms with E-state index in [1.54, 1.807) is 6.07 Å². The molecule has 4 aromatic rings. The number of aromatic nitrogens is 1. The second kappa shape index (κ2) is 7.21. The van der Waals surface area contributed by atoms with E-state index in [9.17, 15) is 4.79 Å². The van der Waals surface area contributed by atoms with E-state index in [1.807, 2.05) is 55.5 Å². The van der Waals surface area contributed by atoms with Crippen molar-refractivity contribution in [1.82, 2.24) is 5.16 Å². The third kappa shape index (κ3) is 3.31. The van der Waals surface area contributed by atoms with Gasteiger partial charge in [0.05, 0.1) is 5.39 Å². The Kier molecular flexibility index (Phi) is 4.39. The summed E-state index contributed by atoms with van der Waals surface area (Å²) in [5, 5.41) is 8.12. The summed E-state index contributed by atoms with van der Waals surface area (Å²) in [6.45, 7) is 2.05. The number of anilines is 1. The molecule has 5 rings (SSSR count). The molecule has 1 N–H and O–H groups in total. The number of carbonyl (C=O) groups is 1. The molecule has 0 atom stereocenters. The van der Waals surface area contributed by atoms with Crippen molar-refractivity contribution in [2.24, 2.45) is 0 Å². The predicted octanol–water partition coefficient (Wildman–Crippen LogP) is 5.93. The van der Waals surface area contributed by atoms with Gasteiger partial charge in [-0.15, -0.1) is 0 Å². The van der Waals surface area contributed by atoms with Gasteiger partial charge in [-0.1, -0.05) is 47.1 Å². The zero-order chi connectivity index (χ0) is 19.8. The van der Waals surface area contributed by atoms with Gasteiger partial charge in [0, 0.05) is 16.8 Å². The van der Waals surface area contributed by atoms with Gasteiger partial charge >= 0.3 is 0 Å². The Labute approximate surface area is 169 Å². The van der Waals surface area contributed by atoms with Crippen molar-refractivity contribution in [3.63, 3.8) is 0 Å². The van der Waals surface area contributed by atoms with Gasteiger partial charge in [0.1, 0.15) is 5.52 Å². The molecule has 0 bridgehead atoms. The van der Waals surface area contributed by atoms with E-state index in [4.69, 9.17) is 4.52 Å². The SMILES string of the molecule is Cc1ccc(-c2onc3ccc(C(=O)Nc4cccc5c4CCCC5)cc23)cc1. The fraction of sp³-hybridized carbons (Fsp3) is 0.200. The van der Waals surface area contributed by atoms with Crippen molar-refractivity contribution < 1.29 is 9.32 Å². The smallest absolute Gasteiger partial charge is 0.255 e. The molecule has 0 unspecified atom stereocenters. The highest BCUT2D eigenvalue weighted by Crippen LogP contribution is 2.31. The number of nitrogens with one attached hydrogen (secondary N) is 1. The highest BCUT2D eigenvalue weighted by Gasteiger charge is 2.17. The Balaban J connectivity index is 1.48. The van der Waals surface area contributed by atoms with Crippen LogP contribution in [0.2, 0.25) is 0 Å². The first-order valence-electron chi connectivity index (χ1n) is 10.1. The number of fused-ring (bicyclic) bond motifs is 2. The summed E-state index contributed by atoms with van der Waals surface area (Å²) >= 11 is 0. The second-order valence-electron chi connectivity index (χ2n) is 7.71. The van der Waals surface area contributed by atoms with Crippen molar-refractivity contribution in [1.29, 1.82) is 0 Å². The van der Waals surface area contributed by atoms with E-state index in [0.717, 1.165) is 35.0 Å². The molecule has 0 saturated heterocycles. The maximum Gasteiger partial charge on any atom is 0.255 e. The highest BCUT2D eigenvalue weighted by atomic mass is 16.5. The summed E-state index contributed by atoms with van der Waals surface area (Å²) in [5.74, 6) is 0.577. The summed E-state index contributed by atoms with van der Waals surface area (Å²) < 4.78 is 5.59. The van der Waals surface area contributed by atoms with E-state index in [1.165, 1.54) is 29.5 Å². The van der Waals surface area contributed by atoms with E-state index in [-0.39, 0.29) is 5.91 Å². The number of benzene rings is 3. The number of aryl methyl sites for hydroxylation is 2. The molecule has 4 nitrogen and oxygen atoms in total. The quantitative estimate of drug-likeness (QED) is 0.477. The van der Waals surface area contributed by atoms with Gasteiger partial charge in [-0.05, 0) is 68.0 Å². The minimum absolute atomic E-state index is 0.109. The van der Waals surface area contributed by atoms with Crippen LogP contribution in [0.3, 0.4) is 0 Å². The molecule has 4 heteroatoms. The first-order chi connectivity index (χ1) is 14.2. The Bertz CT molecular complexity index is 1210. The largest absolute Gasteiger partial charge is 0.355 e. The molecule has 1 aliphatic carbocycles. The van der Waals surface area contributed by atoms with E-state index in [2.05, 4.69) is 16.5 Å². The molecule has 0 fully saturated rings. The van der Waals surface area contributed by atoms with E-state index < -0.39 is 0 Å². The lowest BCUT2D eigenvalue weighted by molar-refractivity contribution is 0.102. The Morgan fingerprint density at radius 3 is 2.69 bits per heavy atom. The van der Waals surface area contributed by atoms with Crippen LogP contribution in [0.15, 0.2) is 65.2 Å². The Hall–Kier alpha value is -3.40. The molecule has 29 heavy (non-hydrogen) atoms. The van der Waals surface area contributed by atoms with Crippen LogP contribution < -0.4 is 5.32 Å². The van der Waals surface area contributed by atoms with Crippen molar-refractivity contribution in [3.05, 3.63) is 82.9 Å². The van der Waals surface area contributed by atoms with Crippen LogP contribution >= 0.6 is 0 Å². The average Bonchev–Trinajstić information content (AvgIpc) is 3.18. The maximum absolute atomic E-state index is 13.0. The lowest BCUT2D eigenvalue weighted by Gasteiger charge is -2.19. The molecule has 0 aliphatic heterocycles. The topological polar surface area (TPSA) is 55.1 Å². The molecule has 1 aromatic heterocycles. The van der Waals surface area contributed by atoms with Crippen molar-refractivity contribution in [2.75, 3.05) is 5.32 Å². The standard InChI is InChI=1S/C25H22N2O2/c1-16-9-11-18(12-10-16)24-21-15-19(13-14-23(21)27-29-24)25(28)26-22-8-4-6-17-5-2-3-7-20(17)22/h4,6,8-15H,2-3,5,7H2,1H3,(H,26,28). The molecular weight excluding hydrogens is 360 g/mol. The summed E-state index contributed by atoms with van der Waals surface area (Å²) in [6, 6.07) is 19.8. The Morgan fingerprint density at radius 2 is 1.83 bits per heavy atom. The molecule has 0 spiro atoms. The van der Waals surface area contributed by atoms with Crippen molar-refractivity contribution in [2.45, 2.75) is 32.6 Å². The van der Waals surface area contributed by atoms with E-state index >= 15 is 0 Å². The Morgan fingerprint density at radius 1 is 1.00 bits per heavy atom. The van der Waals surface area contributed by atoms with E-state index in [0.29, 0.717) is 11.3 Å². The molecule has 1 aliphatic rings. The zero-order valence-electron chi connectivity index (χ0n) is 16.4. The van der Waals surface area contributed by atoms with Crippen LogP contribution in [0.1, 0.15) is 39.9 Å². The van der Waals surface area contributed by atoms with Gasteiger partial charge < -0.3 is 9.84 Å². The van der Waals surface area contributed by atoms with Crippen LogP contribution in [0.4, 0.5) is 5.69 Å². The minimum atomic E-state index is -0.109. The number of rotatable bonds is 3. The van der Waals surface area contributed by atoms with Crippen LogP contribution in [-0.4, -0.2) is 11.1 Å². The monoisotopic (exact) mass is 382 g/mol. The average molecular weight is 382 g/mol. The van der Waals surface area contributed by atoms with Gasteiger partial charge in [-0.2, -0.15) is 0 Å². The molecule has 3 aromatic carbocycles. The number of hydrogen-bond donors (Lipinski definition) is 1. The fourth-order valence-electron chi connectivity index (χ4n) is 4.09. The maximum atomic E-state index is 13.0. The number of nitrogens with zero attached hydrogens (tertiary/aromatic N) is 1. The lowest BCUT2D eigenvalue weighted by atomic mass is 9.90. The molecule has 0 saturated carbocycles. The molecule has 1 amide bonds. The number of hydrogen-bond acceptors (Lipinski definition) is 3.